The number of carboxylic acid groups (broad SMARTS) is 1. The van der Waals surface area contributed by atoms with Crippen molar-refractivity contribution in [2.45, 2.75) is 25.8 Å². The Labute approximate surface area is 161 Å². The van der Waals surface area contributed by atoms with Gasteiger partial charge in [-0.25, -0.2) is 0 Å². The van der Waals surface area contributed by atoms with Gasteiger partial charge in [-0.15, -0.1) is 0 Å². The van der Waals surface area contributed by atoms with Crippen LogP contribution in [-0.4, -0.2) is 15.6 Å². The molecule has 0 spiro atoms. The van der Waals surface area contributed by atoms with Crippen LogP contribution in [0.2, 0.25) is 5.02 Å². The Morgan fingerprint density at radius 1 is 1.11 bits per heavy atom. The molecule has 136 valence electrons. The molecule has 4 nitrogen and oxygen atoms in total. The maximum absolute atomic E-state index is 13.2. The quantitative estimate of drug-likeness (QED) is 0.724. The van der Waals surface area contributed by atoms with Crippen molar-refractivity contribution in [1.82, 2.24) is 4.57 Å². The number of carbonyl (C=O) groups is 1. The van der Waals surface area contributed by atoms with E-state index in [1.807, 2.05) is 48.5 Å². The van der Waals surface area contributed by atoms with Gasteiger partial charge >= 0.3 is 5.97 Å². The number of benzene rings is 2. The molecule has 2 heterocycles. The van der Waals surface area contributed by atoms with Crippen LogP contribution < -0.4 is 5.56 Å². The average Bonchev–Trinajstić information content (AvgIpc) is 2.68. The van der Waals surface area contributed by atoms with E-state index in [4.69, 9.17) is 11.6 Å². The number of aromatic nitrogens is 1. The van der Waals surface area contributed by atoms with Crippen molar-refractivity contribution in [1.29, 1.82) is 0 Å². The molecule has 3 aromatic rings. The lowest BCUT2D eigenvalue weighted by atomic mass is 9.88. The number of aryl methyl sites for hydroxylation is 1. The van der Waals surface area contributed by atoms with Crippen molar-refractivity contribution >= 4 is 17.6 Å². The largest absolute Gasteiger partial charge is 0.481 e. The van der Waals surface area contributed by atoms with E-state index in [0.29, 0.717) is 34.8 Å². The standard InChI is InChI=1S/C22H18ClNO3/c1-13(22(26)27)17-12-19(14-5-3-2-4-6-14)21(25)24-10-9-15-7-8-16(23)11-18(15)20(17)24/h2-8,11-13H,9-10H2,1H3,(H,26,27). The molecule has 0 saturated heterocycles. The van der Waals surface area contributed by atoms with Crippen molar-refractivity contribution in [2.24, 2.45) is 0 Å². The second-order valence-corrected chi connectivity index (χ2v) is 7.23. The number of rotatable bonds is 3. The Bertz CT molecular complexity index is 1100. The van der Waals surface area contributed by atoms with Crippen molar-refractivity contribution < 1.29 is 9.90 Å². The molecule has 1 unspecified atom stereocenters. The molecule has 0 radical (unpaired) electrons. The monoisotopic (exact) mass is 379 g/mol. The summed E-state index contributed by atoms with van der Waals surface area (Å²) in [6.07, 6.45) is 0.707. The van der Waals surface area contributed by atoms with Gasteiger partial charge in [-0.05, 0) is 48.2 Å². The first-order valence-corrected chi connectivity index (χ1v) is 9.20. The van der Waals surface area contributed by atoms with Crippen LogP contribution in [-0.2, 0) is 17.8 Å². The highest BCUT2D eigenvalue weighted by molar-refractivity contribution is 6.30. The van der Waals surface area contributed by atoms with Gasteiger partial charge < -0.3 is 9.67 Å². The van der Waals surface area contributed by atoms with E-state index >= 15 is 0 Å². The summed E-state index contributed by atoms with van der Waals surface area (Å²) in [4.78, 5) is 25.0. The van der Waals surface area contributed by atoms with E-state index in [-0.39, 0.29) is 5.56 Å². The van der Waals surface area contributed by atoms with E-state index in [1.165, 1.54) is 0 Å². The number of aliphatic carboxylic acids is 1. The normalized spacial score (nSPS) is 13.6. The second kappa shape index (κ2) is 6.71. The highest BCUT2D eigenvalue weighted by Gasteiger charge is 2.27. The molecule has 2 aromatic carbocycles. The van der Waals surface area contributed by atoms with E-state index in [0.717, 1.165) is 16.7 Å². The molecule has 0 amide bonds. The predicted molar refractivity (Wildman–Crippen MR) is 106 cm³/mol. The SMILES string of the molecule is CC(C(=O)O)c1cc(-c2ccccc2)c(=O)n2c1-c1cc(Cl)ccc1CC2. The summed E-state index contributed by atoms with van der Waals surface area (Å²) >= 11 is 6.20. The molecule has 1 aliphatic heterocycles. The number of nitrogens with zero attached hydrogens (tertiary/aromatic N) is 1. The fourth-order valence-electron chi connectivity index (χ4n) is 3.71. The second-order valence-electron chi connectivity index (χ2n) is 6.80. The molecule has 0 saturated carbocycles. The van der Waals surface area contributed by atoms with Crippen molar-refractivity contribution in [3.8, 4) is 22.4 Å². The minimum atomic E-state index is -0.926. The fraction of sp³-hybridized carbons (Fsp3) is 0.182. The average molecular weight is 380 g/mol. The van der Waals surface area contributed by atoms with E-state index in [2.05, 4.69) is 0 Å². The van der Waals surface area contributed by atoms with Gasteiger partial charge in [0.05, 0.1) is 11.6 Å². The van der Waals surface area contributed by atoms with E-state index in [9.17, 15) is 14.7 Å². The third kappa shape index (κ3) is 2.96. The van der Waals surface area contributed by atoms with E-state index in [1.54, 1.807) is 17.6 Å². The van der Waals surface area contributed by atoms with Crippen LogP contribution in [0.3, 0.4) is 0 Å². The predicted octanol–water partition coefficient (Wildman–Crippen LogP) is 4.58. The molecule has 1 aliphatic rings. The van der Waals surface area contributed by atoms with Gasteiger partial charge in [0, 0.05) is 22.7 Å². The summed E-state index contributed by atoms with van der Waals surface area (Å²) < 4.78 is 1.70. The van der Waals surface area contributed by atoms with Crippen LogP contribution in [0.15, 0.2) is 59.4 Å². The van der Waals surface area contributed by atoms with Gasteiger partial charge in [0.2, 0.25) is 0 Å². The van der Waals surface area contributed by atoms with Gasteiger partial charge in [-0.3, -0.25) is 9.59 Å². The smallest absolute Gasteiger partial charge is 0.310 e. The molecular formula is C22H18ClNO3. The number of hydrogen-bond acceptors (Lipinski definition) is 2. The van der Waals surface area contributed by atoms with E-state index < -0.39 is 11.9 Å². The van der Waals surface area contributed by atoms with Crippen molar-refractivity contribution in [3.63, 3.8) is 0 Å². The van der Waals surface area contributed by atoms with Gasteiger partial charge in [-0.2, -0.15) is 0 Å². The zero-order valence-electron chi connectivity index (χ0n) is 14.8. The Hall–Kier alpha value is -2.85. The Kier molecular flexibility index (Phi) is 4.36. The summed E-state index contributed by atoms with van der Waals surface area (Å²) in [5, 5.41) is 10.2. The van der Waals surface area contributed by atoms with Crippen LogP contribution >= 0.6 is 11.6 Å². The summed E-state index contributed by atoms with van der Waals surface area (Å²) in [6, 6.07) is 16.7. The highest BCUT2D eigenvalue weighted by atomic mass is 35.5. The highest BCUT2D eigenvalue weighted by Crippen LogP contribution is 2.37. The van der Waals surface area contributed by atoms with Crippen LogP contribution in [0.1, 0.15) is 24.0 Å². The molecule has 5 heteroatoms. The summed E-state index contributed by atoms with van der Waals surface area (Å²) in [5.74, 6) is -1.68. The van der Waals surface area contributed by atoms with Crippen molar-refractivity contribution in [2.75, 3.05) is 0 Å². The molecule has 1 aromatic heterocycles. The molecule has 4 rings (SSSR count). The lowest BCUT2D eigenvalue weighted by molar-refractivity contribution is -0.138. The minimum absolute atomic E-state index is 0.108. The summed E-state index contributed by atoms with van der Waals surface area (Å²) in [5.41, 5.74) is 4.41. The maximum Gasteiger partial charge on any atom is 0.310 e. The van der Waals surface area contributed by atoms with Crippen LogP contribution in [0.5, 0.6) is 0 Å². The zero-order valence-corrected chi connectivity index (χ0v) is 15.5. The van der Waals surface area contributed by atoms with Gasteiger partial charge in [0.15, 0.2) is 0 Å². The van der Waals surface area contributed by atoms with Gasteiger partial charge in [0.1, 0.15) is 0 Å². The minimum Gasteiger partial charge on any atom is -0.481 e. The van der Waals surface area contributed by atoms with Gasteiger partial charge in [-0.1, -0.05) is 48.0 Å². The number of pyridine rings is 1. The lowest BCUT2D eigenvalue weighted by Crippen LogP contribution is -2.29. The first-order chi connectivity index (χ1) is 13.0. The molecule has 0 fully saturated rings. The number of halogens is 1. The summed E-state index contributed by atoms with van der Waals surface area (Å²) in [7, 11) is 0. The van der Waals surface area contributed by atoms with Crippen LogP contribution in [0, 0.1) is 0 Å². The summed E-state index contributed by atoms with van der Waals surface area (Å²) in [6.45, 7) is 2.17. The fourth-order valence-corrected chi connectivity index (χ4v) is 3.88. The third-order valence-electron chi connectivity index (χ3n) is 5.17. The molecule has 1 N–H and O–H groups in total. The van der Waals surface area contributed by atoms with Gasteiger partial charge in [0.25, 0.3) is 5.56 Å². The Morgan fingerprint density at radius 2 is 1.85 bits per heavy atom. The first kappa shape index (κ1) is 17.6. The van der Waals surface area contributed by atoms with Crippen LogP contribution in [0.25, 0.3) is 22.4 Å². The van der Waals surface area contributed by atoms with Crippen molar-refractivity contribution in [3.05, 3.63) is 81.1 Å². The zero-order chi connectivity index (χ0) is 19.1. The molecule has 1 atom stereocenters. The van der Waals surface area contributed by atoms with Crippen LogP contribution in [0.4, 0.5) is 0 Å². The number of fused-ring (bicyclic) bond motifs is 3. The molecule has 0 aliphatic carbocycles. The first-order valence-electron chi connectivity index (χ1n) is 8.82. The topological polar surface area (TPSA) is 59.3 Å². The lowest BCUT2D eigenvalue weighted by Gasteiger charge is -2.27. The number of hydrogen-bond donors (Lipinski definition) is 1. The number of carboxylic acids is 1. The molecular weight excluding hydrogens is 362 g/mol. The molecule has 27 heavy (non-hydrogen) atoms. The Morgan fingerprint density at radius 3 is 2.56 bits per heavy atom. The third-order valence-corrected chi connectivity index (χ3v) is 5.41. The maximum atomic E-state index is 13.2. The molecule has 0 bridgehead atoms. The Balaban J connectivity index is 2.07.